The molecule has 1 rings (SSSR count). The minimum absolute atomic E-state index is 0.389. The van der Waals surface area contributed by atoms with Gasteiger partial charge in [-0.3, -0.25) is 0 Å². The molecular formula is C9H11NO3. The fraction of sp³-hybridized carbons (Fsp3) is 0.333. The third kappa shape index (κ3) is 2.18. The van der Waals surface area contributed by atoms with Crippen LogP contribution in [-0.4, -0.2) is 18.2 Å². The first-order chi connectivity index (χ1) is 6.15. The molecule has 13 heavy (non-hydrogen) atoms. The molecule has 0 radical (unpaired) electrons. The topological polar surface area (TPSA) is 52.3 Å². The summed E-state index contributed by atoms with van der Waals surface area (Å²) in [4.78, 5) is 10.8. The molecule has 0 aliphatic rings. The first-order valence-corrected chi connectivity index (χ1v) is 3.84. The Morgan fingerprint density at radius 3 is 2.69 bits per heavy atom. The Bertz CT molecular complexity index is 319. The van der Waals surface area contributed by atoms with Crippen LogP contribution in [0.2, 0.25) is 0 Å². The Morgan fingerprint density at radius 1 is 1.54 bits per heavy atom. The Morgan fingerprint density at radius 2 is 2.23 bits per heavy atom. The third-order valence-corrected chi connectivity index (χ3v) is 1.68. The van der Waals surface area contributed by atoms with Gasteiger partial charge in [0.05, 0.1) is 12.8 Å². The molecule has 1 aromatic rings. The second-order valence-electron chi connectivity index (χ2n) is 2.59. The van der Waals surface area contributed by atoms with Gasteiger partial charge in [-0.25, -0.2) is 4.79 Å². The van der Waals surface area contributed by atoms with E-state index in [4.69, 9.17) is 4.52 Å². The van der Waals surface area contributed by atoms with Gasteiger partial charge in [-0.05, 0) is 19.9 Å². The monoisotopic (exact) mass is 181 g/mol. The molecule has 70 valence electrons. The molecule has 4 nitrogen and oxygen atoms in total. The number of carbonyl (C=O) groups excluding carboxylic acids is 1. The largest absolute Gasteiger partial charge is 0.466 e. The van der Waals surface area contributed by atoms with E-state index in [2.05, 4.69) is 9.89 Å². The quantitative estimate of drug-likeness (QED) is 0.512. The lowest BCUT2D eigenvalue weighted by Crippen LogP contribution is -1.93. The number of esters is 1. The summed E-state index contributed by atoms with van der Waals surface area (Å²) in [5.41, 5.74) is 1.59. The molecule has 0 unspecified atom stereocenters. The van der Waals surface area contributed by atoms with Crippen molar-refractivity contribution in [2.75, 3.05) is 7.11 Å². The molecular weight excluding hydrogens is 170 g/mol. The highest BCUT2D eigenvalue weighted by Gasteiger charge is 2.05. The number of aryl methyl sites for hydroxylation is 2. The van der Waals surface area contributed by atoms with Crippen LogP contribution < -0.4 is 0 Å². The lowest BCUT2D eigenvalue weighted by Gasteiger charge is -1.90. The molecule has 0 atom stereocenters. The van der Waals surface area contributed by atoms with E-state index >= 15 is 0 Å². The summed E-state index contributed by atoms with van der Waals surface area (Å²) < 4.78 is 9.36. The van der Waals surface area contributed by atoms with Gasteiger partial charge in [0.2, 0.25) is 0 Å². The van der Waals surface area contributed by atoms with Crippen molar-refractivity contribution in [1.29, 1.82) is 0 Å². The molecule has 4 heteroatoms. The van der Waals surface area contributed by atoms with E-state index in [1.165, 1.54) is 13.2 Å². The zero-order valence-electron chi connectivity index (χ0n) is 7.83. The summed E-state index contributed by atoms with van der Waals surface area (Å²) in [7, 11) is 1.33. The predicted octanol–water partition coefficient (Wildman–Crippen LogP) is 1.48. The van der Waals surface area contributed by atoms with Gasteiger partial charge in [0.15, 0.2) is 0 Å². The smallest absolute Gasteiger partial charge is 0.330 e. The van der Waals surface area contributed by atoms with E-state index in [1.54, 1.807) is 13.0 Å². The summed E-state index contributed by atoms with van der Waals surface area (Å²) in [6.45, 7) is 3.60. The number of rotatable bonds is 2. The van der Waals surface area contributed by atoms with Crippen molar-refractivity contribution in [2.45, 2.75) is 13.8 Å². The van der Waals surface area contributed by atoms with Gasteiger partial charge < -0.3 is 9.26 Å². The second-order valence-corrected chi connectivity index (χ2v) is 2.59. The minimum atomic E-state index is -0.389. The van der Waals surface area contributed by atoms with Crippen LogP contribution in [0.15, 0.2) is 10.6 Å². The van der Waals surface area contributed by atoms with Crippen LogP contribution in [-0.2, 0) is 9.53 Å². The Hall–Kier alpha value is -1.58. The van der Waals surface area contributed by atoms with Crippen LogP contribution in [0.1, 0.15) is 17.0 Å². The molecule has 0 bridgehead atoms. The molecule has 0 aliphatic carbocycles. The second kappa shape index (κ2) is 3.89. The predicted molar refractivity (Wildman–Crippen MR) is 47.0 cm³/mol. The molecule has 0 saturated carbocycles. The van der Waals surface area contributed by atoms with Crippen LogP contribution in [0.3, 0.4) is 0 Å². The third-order valence-electron chi connectivity index (χ3n) is 1.68. The molecule has 0 aromatic carbocycles. The maximum absolute atomic E-state index is 10.8. The summed E-state index contributed by atoms with van der Waals surface area (Å²) in [5, 5.41) is 3.74. The van der Waals surface area contributed by atoms with Crippen molar-refractivity contribution >= 4 is 12.0 Å². The van der Waals surface area contributed by atoms with Crippen molar-refractivity contribution in [1.82, 2.24) is 5.16 Å². The number of aromatic nitrogens is 1. The average Bonchev–Trinajstić information content (AvgIpc) is 2.43. The van der Waals surface area contributed by atoms with Crippen molar-refractivity contribution in [3.63, 3.8) is 0 Å². The number of hydrogen-bond acceptors (Lipinski definition) is 4. The Labute approximate surface area is 76.2 Å². The average molecular weight is 181 g/mol. The molecule has 0 amide bonds. The maximum Gasteiger partial charge on any atom is 0.330 e. The lowest BCUT2D eigenvalue weighted by atomic mass is 10.2. The molecule has 1 aromatic heterocycles. The zero-order chi connectivity index (χ0) is 9.84. The van der Waals surface area contributed by atoms with Crippen molar-refractivity contribution in [2.24, 2.45) is 0 Å². The Balaban J connectivity index is 2.85. The van der Waals surface area contributed by atoms with Gasteiger partial charge in [-0.1, -0.05) is 5.16 Å². The van der Waals surface area contributed by atoms with Gasteiger partial charge in [0.1, 0.15) is 5.76 Å². The van der Waals surface area contributed by atoms with Crippen LogP contribution >= 0.6 is 0 Å². The minimum Gasteiger partial charge on any atom is -0.466 e. The summed E-state index contributed by atoms with van der Waals surface area (Å²) in [5.74, 6) is 0.303. The van der Waals surface area contributed by atoms with Crippen LogP contribution in [0.25, 0.3) is 6.08 Å². The van der Waals surface area contributed by atoms with Gasteiger partial charge in [0, 0.05) is 11.6 Å². The lowest BCUT2D eigenvalue weighted by molar-refractivity contribution is -0.134. The van der Waals surface area contributed by atoms with Gasteiger partial charge >= 0.3 is 5.97 Å². The fourth-order valence-electron chi connectivity index (χ4n) is 0.947. The Kier molecular flexibility index (Phi) is 2.84. The first-order valence-electron chi connectivity index (χ1n) is 3.84. The zero-order valence-corrected chi connectivity index (χ0v) is 7.83. The van der Waals surface area contributed by atoms with E-state index in [-0.39, 0.29) is 5.97 Å². The molecule has 0 N–H and O–H groups in total. The van der Waals surface area contributed by atoms with Crippen molar-refractivity contribution < 1.29 is 14.1 Å². The van der Waals surface area contributed by atoms with Crippen LogP contribution in [0.5, 0.6) is 0 Å². The SMILES string of the molecule is COC(=O)C=Cc1c(C)noc1C. The first kappa shape index (κ1) is 9.51. The maximum atomic E-state index is 10.8. The van der Waals surface area contributed by atoms with E-state index < -0.39 is 0 Å². The molecule has 0 fully saturated rings. The number of carbonyl (C=O) groups is 1. The van der Waals surface area contributed by atoms with Crippen LogP contribution in [0.4, 0.5) is 0 Å². The number of nitrogens with zero attached hydrogens (tertiary/aromatic N) is 1. The number of hydrogen-bond donors (Lipinski definition) is 0. The van der Waals surface area contributed by atoms with E-state index in [0.717, 1.165) is 11.3 Å². The fourth-order valence-corrected chi connectivity index (χ4v) is 0.947. The van der Waals surface area contributed by atoms with Gasteiger partial charge in [-0.15, -0.1) is 0 Å². The summed E-state index contributed by atoms with van der Waals surface area (Å²) in [6.07, 6.45) is 2.97. The molecule has 0 spiro atoms. The van der Waals surface area contributed by atoms with Crippen molar-refractivity contribution in [3.8, 4) is 0 Å². The van der Waals surface area contributed by atoms with Crippen LogP contribution in [0, 0.1) is 13.8 Å². The molecule has 0 saturated heterocycles. The highest BCUT2D eigenvalue weighted by Crippen LogP contribution is 2.13. The number of methoxy groups -OCH3 is 1. The standard InChI is InChI=1S/C9H11NO3/c1-6-8(7(2)13-10-6)4-5-9(11)12-3/h4-5H,1-3H3. The summed E-state index contributed by atoms with van der Waals surface area (Å²) >= 11 is 0. The normalized spacial score (nSPS) is 10.7. The summed E-state index contributed by atoms with van der Waals surface area (Å²) in [6, 6.07) is 0. The highest BCUT2D eigenvalue weighted by atomic mass is 16.5. The van der Waals surface area contributed by atoms with E-state index in [9.17, 15) is 4.79 Å². The van der Waals surface area contributed by atoms with Crippen molar-refractivity contribution in [3.05, 3.63) is 23.1 Å². The van der Waals surface area contributed by atoms with Gasteiger partial charge in [-0.2, -0.15) is 0 Å². The van der Waals surface area contributed by atoms with Gasteiger partial charge in [0.25, 0.3) is 0 Å². The van der Waals surface area contributed by atoms with E-state index in [0.29, 0.717) is 5.76 Å². The highest BCUT2D eigenvalue weighted by molar-refractivity contribution is 5.87. The molecule has 0 aliphatic heterocycles. The molecule has 1 heterocycles. The number of ether oxygens (including phenoxy) is 1. The van der Waals surface area contributed by atoms with E-state index in [1.807, 2.05) is 6.92 Å².